The highest BCUT2D eigenvalue weighted by molar-refractivity contribution is 6.83. The van der Waals surface area contributed by atoms with Crippen molar-refractivity contribution in [3.8, 4) is 11.5 Å². The Hall–Kier alpha value is -1.53. The Morgan fingerprint density at radius 3 is 2.76 bits per heavy atom. The van der Waals surface area contributed by atoms with E-state index in [9.17, 15) is 0 Å². The van der Waals surface area contributed by atoms with Crippen molar-refractivity contribution < 1.29 is 0 Å². The molecule has 0 saturated carbocycles. The topological polar surface area (TPSA) is 17.8 Å². The maximum absolute atomic E-state index is 4.39. The van der Waals surface area contributed by atoms with Crippen LogP contribution in [-0.2, 0) is 6.54 Å². The second-order valence-electron chi connectivity index (χ2n) is 5.23. The first-order valence-electron chi connectivity index (χ1n) is 5.97. The predicted molar refractivity (Wildman–Crippen MR) is 75.5 cm³/mol. The first-order chi connectivity index (χ1) is 8.06. The summed E-state index contributed by atoms with van der Waals surface area (Å²) in [6.07, 6.45) is 2.80. The van der Waals surface area contributed by atoms with E-state index in [1.54, 1.807) is 0 Å². The third-order valence-electron chi connectivity index (χ3n) is 2.46. The van der Waals surface area contributed by atoms with Gasteiger partial charge >= 0.3 is 0 Å². The van der Waals surface area contributed by atoms with Gasteiger partial charge in [-0.3, -0.25) is 4.68 Å². The minimum atomic E-state index is -1.22. The van der Waals surface area contributed by atoms with Crippen LogP contribution < -0.4 is 0 Å². The lowest BCUT2D eigenvalue weighted by Gasteiger charge is -2.04. The molecule has 0 unspecified atom stereocenters. The number of hydrogen-bond acceptors (Lipinski definition) is 1. The van der Waals surface area contributed by atoms with Crippen molar-refractivity contribution in [2.45, 2.75) is 32.6 Å². The predicted octanol–water partition coefficient (Wildman–Crippen LogP) is 3.31. The van der Waals surface area contributed by atoms with Gasteiger partial charge in [-0.2, -0.15) is 5.10 Å². The van der Waals surface area contributed by atoms with Crippen molar-refractivity contribution in [2.24, 2.45) is 0 Å². The van der Waals surface area contributed by atoms with Gasteiger partial charge in [0.15, 0.2) is 0 Å². The van der Waals surface area contributed by atoms with Crippen LogP contribution in [0.1, 0.15) is 6.42 Å². The average molecular weight is 242 g/mol. The summed E-state index contributed by atoms with van der Waals surface area (Å²) in [5.41, 5.74) is 4.58. The number of fused-ring (bicyclic) bond motifs is 1. The molecule has 0 N–H and O–H groups in total. The van der Waals surface area contributed by atoms with Gasteiger partial charge in [-0.05, 0) is 6.07 Å². The monoisotopic (exact) mass is 242 g/mol. The fourth-order valence-corrected chi connectivity index (χ4v) is 2.35. The number of aromatic nitrogens is 2. The summed E-state index contributed by atoms with van der Waals surface area (Å²) in [6, 6.07) is 8.29. The summed E-state index contributed by atoms with van der Waals surface area (Å²) in [6.45, 7) is 7.68. The third kappa shape index (κ3) is 3.21. The lowest BCUT2D eigenvalue weighted by molar-refractivity contribution is 0.652. The quantitative estimate of drug-likeness (QED) is 0.583. The van der Waals surface area contributed by atoms with Crippen molar-refractivity contribution in [1.82, 2.24) is 9.78 Å². The third-order valence-corrected chi connectivity index (χ3v) is 3.39. The largest absolute Gasteiger partial charge is 0.264 e. The van der Waals surface area contributed by atoms with Crippen molar-refractivity contribution >= 4 is 19.0 Å². The fraction of sp³-hybridized carbons (Fsp3) is 0.357. The van der Waals surface area contributed by atoms with Crippen LogP contribution in [0.2, 0.25) is 19.6 Å². The van der Waals surface area contributed by atoms with Crippen LogP contribution in [0.3, 0.4) is 0 Å². The molecule has 1 aromatic heterocycles. The van der Waals surface area contributed by atoms with Gasteiger partial charge in [-0.25, -0.2) is 0 Å². The number of benzene rings is 1. The standard InChI is InChI=1S/C14H18N2Si/c1-17(2,3)11-7-6-10-16-14-9-5-4-8-13(14)12-15-16/h4-5,8-9,12H,6,10H2,1-3H3. The van der Waals surface area contributed by atoms with E-state index in [2.05, 4.69) is 48.3 Å². The molecule has 0 saturated heterocycles. The lowest BCUT2D eigenvalue weighted by atomic mass is 10.2. The number of aryl methyl sites for hydroxylation is 1. The molecule has 0 fully saturated rings. The van der Waals surface area contributed by atoms with Crippen molar-refractivity contribution in [1.29, 1.82) is 0 Å². The molecular weight excluding hydrogens is 224 g/mol. The molecular formula is C14H18N2Si. The summed E-state index contributed by atoms with van der Waals surface area (Å²) in [5, 5.41) is 5.59. The Morgan fingerprint density at radius 1 is 1.24 bits per heavy atom. The molecule has 0 aliphatic heterocycles. The van der Waals surface area contributed by atoms with Gasteiger partial charge in [0.2, 0.25) is 0 Å². The molecule has 2 rings (SSSR count). The molecule has 0 aliphatic carbocycles. The first-order valence-corrected chi connectivity index (χ1v) is 9.47. The Kier molecular flexibility index (Phi) is 3.35. The molecule has 1 aromatic carbocycles. The van der Waals surface area contributed by atoms with Gasteiger partial charge in [0.25, 0.3) is 0 Å². The van der Waals surface area contributed by atoms with Crippen molar-refractivity contribution in [2.75, 3.05) is 0 Å². The zero-order chi connectivity index (χ0) is 12.3. The van der Waals surface area contributed by atoms with E-state index in [1.807, 2.05) is 23.0 Å². The maximum atomic E-state index is 4.39. The Labute approximate surface area is 104 Å². The van der Waals surface area contributed by atoms with E-state index in [4.69, 9.17) is 0 Å². The van der Waals surface area contributed by atoms with Crippen LogP contribution in [0, 0.1) is 11.5 Å². The number of hydrogen-bond donors (Lipinski definition) is 0. The van der Waals surface area contributed by atoms with Gasteiger partial charge in [-0.1, -0.05) is 37.8 Å². The maximum Gasteiger partial charge on any atom is 0.129 e. The van der Waals surface area contributed by atoms with E-state index in [0.29, 0.717) is 0 Å². The summed E-state index contributed by atoms with van der Waals surface area (Å²) in [4.78, 5) is 0. The normalized spacial score (nSPS) is 11.2. The number of para-hydroxylation sites is 1. The molecule has 2 nitrogen and oxygen atoms in total. The van der Waals surface area contributed by atoms with Gasteiger partial charge in [0, 0.05) is 11.8 Å². The number of nitrogens with zero attached hydrogens (tertiary/aromatic N) is 2. The zero-order valence-electron chi connectivity index (χ0n) is 10.7. The van der Waals surface area contributed by atoms with Gasteiger partial charge in [0.05, 0.1) is 18.3 Å². The first kappa shape index (κ1) is 11.9. The van der Waals surface area contributed by atoms with Crippen LogP contribution in [0.15, 0.2) is 30.5 Å². The molecule has 17 heavy (non-hydrogen) atoms. The highest BCUT2D eigenvalue weighted by Crippen LogP contribution is 2.12. The van der Waals surface area contributed by atoms with E-state index in [1.165, 1.54) is 10.9 Å². The second-order valence-corrected chi connectivity index (χ2v) is 9.98. The molecule has 88 valence electrons. The lowest BCUT2D eigenvalue weighted by Crippen LogP contribution is -2.16. The Morgan fingerprint density at radius 2 is 2.00 bits per heavy atom. The molecule has 1 heterocycles. The zero-order valence-corrected chi connectivity index (χ0v) is 11.7. The summed E-state index contributed by atoms with van der Waals surface area (Å²) in [7, 11) is -1.22. The minimum absolute atomic E-state index is 0.880. The van der Waals surface area contributed by atoms with Crippen LogP contribution in [0.25, 0.3) is 10.9 Å². The van der Waals surface area contributed by atoms with E-state index in [-0.39, 0.29) is 0 Å². The van der Waals surface area contributed by atoms with Crippen LogP contribution >= 0.6 is 0 Å². The highest BCUT2D eigenvalue weighted by Gasteiger charge is 2.07. The molecule has 0 aliphatic rings. The van der Waals surface area contributed by atoms with Crippen LogP contribution in [0.5, 0.6) is 0 Å². The van der Waals surface area contributed by atoms with Gasteiger partial charge in [-0.15, -0.1) is 11.5 Å². The minimum Gasteiger partial charge on any atom is -0.264 e. The molecule has 0 spiro atoms. The molecule has 0 radical (unpaired) electrons. The Bertz CT molecular complexity index is 567. The molecule has 2 aromatic rings. The van der Waals surface area contributed by atoms with E-state index >= 15 is 0 Å². The number of rotatable bonds is 2. The van der Waals surface area contributed by atoms with Gasteiger partial charge < -0.3 is 0 Å². The van der Waals surface area contributed by atoms with E-state index in [0.717, 1.165) is 13.0 Å². The summed E-state index contributed by atoms with van der Waals surface area (Å²) < 4.78 is 2.04. The molecule has 0 bridgehead atoms. The SMILES string of the molecule is C[Si](C)(C)C#CCCn1ncc2ccccc21. The highest BCUT2D eigenvalue weighted by atomic mass is 28.3. The fourth-order valence-electron chi connectivity index (χ4n) is 1.69. The van der Waals surface area contributed by atoms with Crippen molar-refractivity contribution in [3.63, 3.8) is 0 Å². The van der Waals surface area contributed by atoms with E-state index < -0.39 is 8.07 Å². The van der Waals surface area contributed by atoms with Gasteiger partial charge in [0.1, 0.15) is 8.07 Å². The molecule has 0 atom stereocenters. The second kappa shape index (κ2) is 4.76. The smallest absolute Gasteiger partial charge is 0.129 e. The van der Waals surface area contributed by atoms with Crippen LogP contribution in [-0.4, -0.2) is 17.9 Å². The summed E-state index contributed by atoms with van der Waals surface area (Å²) >= 11 is 0. The Balaban J connectivity index is 2.07. The van der Waals surface area contributed by atoms with Crippen molar-refractivity contribution in [3.05, 3.63) is 30.5 Å². The average Bonchev–Trinajstić information content (AvgIpc) is 2.67. The summed E-state index contributed by atoms with van der Waals surface area (Å²) in [5.74, 6) is 3.28. The van der Waals surface area contributed by atoms with Crippen LogP contribution in [0.4, 0.5) is 0 Å². The molecule has 0 amide bonds. The molecule has 3 heteroatoms.